The van der Waals surface area contributed by atoms with E-state index in [-0.39, 0.29) is 23.6 Å². The van der Waals surface area contributed by atoms with Gasteiger partial charge in [-0.1, -0.05) is 13.8 Å². The van der Waals surface area contributed by atoms with Crippen molar-refractivity contribution in [2.75, 3.05) is 6.61 Å². The van der Waals surface area contributed by atoms with Crippen LogP contribution in [0.2, 0.25) is 0 Å². The fourth-order valence-electron chi connectivity index (χ4n) is 2.44. The Morgan fingerprint density at radius 3 is 2.79 bits per heavy atom. The molecule has 1 aromatic heterocycles. The van der Waals surface area contributed by atoms with E-state index in [2.05, 4.69) is 18.8 Å². The summed E-state index contributed by atoms with van der Waals surface area (Å²) in [6.45, 7) is 6.27. The largest absolute Gasteiger partial charge is 0.466 e. The Kier molecular flexibility index (Phi) is 3.69. The molecule has 0 unspecified atom stereocenters. The minimum absolute atomic E-state index is 0.0559. The zero-order chi connectivity index (χ0) is 14.0. The van der Waals surface area contributed by atoms with Crippen molar-refractivity contribution in [1.82, 2.24) is 4.98 Å². The molecule has 0 fully saturated rings. The first-order valence-electron chi connectivity index (χ1n) is 6.59. The van der Waals surface area contributed by atoms with Gasteiger partial charge in [0.15, 0.2) is 5.78 Å². The smallest absolute Gasteiger partial charge is 0.311 e. The number of hydrogen-bond donors (Lipinski definition) is 0. The van der Waals surface area contributed by atoms with Gasteiger partial charge in [0, 0.05) is 12.0 Å². The van der Waals surface area contributed by atoms with Crippen molar-refractivity contribution in [3.05, 3.63) is 29.1 Å². The molecule has 19 heavy (non-hydrogen) atoms. The maximum Gasteiger partial charge on any atom is 0.311 e. The van der Waals surface area contributed by atoms with Gasteiger partial charge in [-0.3, -0.25) is 14.6 Å². The lowest BCUT2D eigenvalue weighted by Gasteiger charge is -2.29. The number of rotatable bonds is 3. The Bertz CT molecular complexity index is 520. The third-order valence-corrected chi connectivity index (χ3v) is 3.25. The predicted octanol–water partition coefficient (Wildman–Crippen LogP) is 2.34. The normalized spacial score (nSPS) is 16.9. The SMILES string of the molecule is CCOC(=O)Cc1ccc2c(n1)CC(C)(C)CC2=O. The maximum absolute atomic E-state index is 12.0. The topological polar surface area (TPSA) is 56.3 Å². The number of hydrogen-bond acceptors (Lipinski definition) is 4. The number of aromatic nitrogens is 1. The van der Waals surface area contributed by atoms with Crippen molar-refractivity contribution in [3.8, 4) is 0 Å². The number of carbonyl (C=O) groups is 2. The van der Waals surface area contributed by atoms with Gasteiger partial charge in [0.05, 0.1) is 24.4 Å². The van der Waals surface area contributed by atoms with Crippen LogP contribution in [0.4, 0.5) is 0 Å². The zero-order valence-electron chi connectivity index (χ0n) is 11.7. The van der Waals surface area contributed by atoms with Gasteiger partial charge >= 0.3 is 5.97 Å². The lowest BCUT2D eigenvalue weighted by Crippen LogP contribution is -2.28. The highest BCUT2D eigenvalue weighted by Crippen LogP contribution is 2.33. The molecule has 4 heteroatoms. The molecule has 0 radical (unpaired) electrons. The summed E-state index contributed by atoms with van der Waals surface area (Å²) in [5.74, 6) is -0.141. The molecule has 0 N–H and O–H groups in total. The first-order chi connectivity index (χ1) is 8.91. The lowest BCUT2D eigenvalue weighted by atomic mass is 9.75. The first kappa shape index (κ1) is 13.7. The molecule has 0 saturated heterocycles. The van der Waals surface area contributed by atoms with Crippen LogP contribution in [-0.2, 0) is 22.4 Å². The van der Waals surface area contributed by atoms with E-state index in [1.165, 1.54) is 0 Å². The number of fused-ring (bicyclic) bond motifs is 1. The van der Waals surface area contributed by atoms with Gasteiger partial charge in [-0.05, 0) is 30.9 Å². The summed E-state index contributed by atoms with van der Waals surface area (Å²) < 4.78 is 4.91. The van der Waals surface area contributed by atoms with Crippen LogP contribution >= 0.6 is 0 Å². The second kappa shape index (κ2) is 5.11. The molecule has 1 aromatic rings. The number of nitrogens with zero attached hydrogens (tertiary/aromatic N) is 1. The molecule has 2 rings (SSSR count). The molecule has 1 aliphatic carbocycles. The van der Waals surface area contributed by atoms with Crippen LogP contribution in [0.5, 0.6) is 0 Å². The second-order valence-electron chi connectivity index (χ2n) is 5.72. The standard InChI is InChI=1S/C15H19NO3/c1-4-19-14(18)7-10-5-6-11-12(16-10)8-15(2,3)9-13(11)17/h5-6H,4,7-9H2,1-3H3. The molecule has 0 amide bonds. The zero-order valence-corrected chi connectivity index (χ0v) is 11.7. The van der Waals surface area contributed by atoms with Crippen LogP contribution in [0, 0.1) is 5.41 Å². The maximum atomic E-state index is 12.0. The Morgan fingerprint density at radius 2 is 2.11 bits per heavy atom. The molecule has 0 atom stereocenters. The summed E-state index contributed by atoms with van der Waals surface area (Å²) in [4.78, 5) is 27.9. The molecule has 0 spiro atoms. The quantitative estimate of drug-likeness (QED) is 0.784. The van der Waals surface area contributed by atoms with E-state index in [4.69, 9.17) is 4.74 Å². The molecule has 102 valence electrons. The molecule has 0 bridgehead atoms. The summed E-state index contributed by atoms with van der Waals surface area (Å²) >= 11 is 0. The molecule has 4 nitrogen and oxygen atoms in total. The van der Waals surface area contributed by atoms with E-state index < -0.39 is 0 Å². The van der Waals surface area contributed by atoms with E-state index >= 15 is 0 Å². The highest BCUT2D eigenvalue weighted by Gasteiger charge is 2.31. The van der Waals surface area contributed by atoms with Crippen molar-refractivity contribution < 1.29 is 14.3 Å². The molecule has 1 heterocycles. The van der Waals surface area contributed by atoms with Crippen LogP contribution in [0.1, 0.15) is 48.9 Å². The first-order valence-corrected chi connectivity index (χ1v) is 6.59. The second-order valence-corrected chi connectivity index (χ2v) is 5.72. The van der Waals surface area contributed by atoms with Crippen LogP contribution in [0.3, 0.4) is 0 Å². The van der Waals surface area contributed by atoms with Crippen LogP contribution in [-0.4, -0.2) is 23.3 Å². The van der Waals surface area contributed by atoms with E-state index in [1.54, 1.807) is 19.1 Å². The number of carbonyl (C=O) groups excluding carboxylic acids is 2. The third kappa shape index (κ3) is 3.19. The molecule has 0 aromatic carbocycles. The van der Waals surface area contributed by atoms with Gasteiger partial charge < -0.3 is 4.74 Å². The van der Waals surface area contributed by atoms with Gasteiger partial charge in [-0.15, -0.1) is 0 Å². The van der Waals surface area contributed by atoms with E-state index in [0.29, 0.717) is 24.3 Å². The molecule has 1 aliphatic rings. The summed E-state index contributed by atoms with van der Waals surface area (Å²) in [5.41, 5.74) is 2.12. The highest BCUT2D eigenvalue weighted by molar-refractivity contribution is 5.98. The van der Waals surface area contributed by atoms with Crippen molar-refractivity contribution in [3.63, 3.8) is 0 Å². The fraction of sp³-hybridized carbons (Fsp3) is 0.533. The average Bonchev–Trinajstić information content (AvgIpc) is 2.26. The molecule has 0 aliphatic heterocycles. The van der Waals surface area contributed by atoms with Gasteiger partial charge in [0.1, 0.15) is 0 Å². The van der Waals surface area contributed by atoms with E-state index in [9.17, 15) is 9.59 Å². The number of ketones is 1. The van der Waals surface area contributed by atoms with Crippen LogP contribution in [0.15, 0.2) is 12.1 Å². The van der Waals surface area contributed by atoms with Gasteiger partial charge in [0.2, 0.25) is 0 Å². The molecular weight excluding hydrogens is 242 g/mol. The van der Waals surface area contributed by atoms with E-state index in [0.717, 1.165) is 12.1 Å². The summed E-state index contributed by atoms with van der Waals surface area (Å²) in [5, 5.41) is 0. The Balaban J connectivity index is 2.23. The minimum Gasteiger partial charge on any atom is -0.466 e. The van der Waals surface area contributed by atoms with Crippen molar-refractivity contribution >= 4 is 11.8 Å². The highest BCUT2D eigenvalue weighted by atomic mass is 16.5. The van der Waals surface area contributed by atoms with E-state index in [1.807, 2.05) is 0 Å². The third-order valence-electron chi connectivity index (χ3n) is 3.25. The van der Waals surface area contributed by atoms with Crippen molar-refractivity contribution in [1.29, 1.82) is 0 Å². The number of esters is 1. The van der Waals surface area contributed by atoms with Gasteiger partial charge in [0.25, 0.3) is 0 Å². The summed E-state index contributed by atoms with van der Waals surface area (Å²) in [6, 6.07) is 3.53. The average molecular weight is 261 g/mol. The van der Waals surface area contributed by atoms with Gasteiger partial charge in [-0.2, -0.15) is 0 Å². The van der Waals surface area contributed by atoms with Crippen LogP contribution < -0.4 is 0 Å². The summed E-state index contributed by atoms with van der Waals surface area (Å²) in [6.07, 6.45) is 1.49. The predicted molar refractivity (Wildman–Crippen MR) is 71.0 cm³/mol. The lowest BCUT2D eigenvalue weighted by molar-refractivity contribution is -0.142. The van der Waals surface area contributed by atoms with Gasteiger partial charge in [-0.25, -0.2) is 0 Å². The number of Topliss-reactive ketones (excluding diaryl/α,β-unsaturated/α-hetero) is 1. The van der Waals surface area contributed by atoms with Crippen LogP contribution in [0.25, 0.3) is 0 Å². The minimum atomic E-state index is -0.281. The molecular formula is C15H19NO3. The van der Waals surface area contributed by atoms with Crippen molar-refractivity contribution in [2.24, 2.45) is 5.41 Å². The number of pyridine rings is 1. The number of ether oxygens (including phenoxy) is 1. The fourth-order valence-corrected chi connectivity index (χ4v) is 2.44. The van der Waals surface area contributed by atoms with Crippen molar-refractivity contribution in [2.45, 2.75) is 40.0 Å². The molecule has 0 saturated carbocycles. The Labute approximate surface area is 113 Å². The monoisotopic (exact) mass is 261 g/mol. The Morgan fingerprint density at radius 1 is 1.37 bits per heavy atom. The summed E-state index contributed by atoms with van der Waals surface area (Å²) in [7, 11) is 0. The Hall–Kier alpha value is -1.71.